The van der Waals surface area contributed by atoms with Crippen LogP contribution in [0.25, 0.3) is 0 Å². The largest absolute Gasteiger partial charge is 0.478 e. The highest BCUT2D eigenvalue weighted by molar-refractivity contribution is 6.33. The molecule has 0 aromatic heterocycles. The van der Waals surface area contributed by atoms with Gasteiger partial charge in [-0.25, -0.2) is 9.18 Å². The van der Waals surface area contributed by atoms with Gasteiger partial charge in [0.1, 0.15) is 16.5 Å². The van der Waals surface area contributed by atoms with Crippen LogP contribution in [-0.4, -0.2) is 16.0 Å². The van der Waals surface area contributed by atoms with E-state index in [4.69, 9.17) is 16.7 Å². The number of nitrogens with one attached hydrogen (secondary N) is 1. The Kier molecular flexibility index (Phi) is 4.04. The van der Waals surface area contributed by atoms with Gasteiger partial charge in [-0.1, -0.05) is 17.7 Å². The first-order chi connectivity index (χ1) is 9.90. The molecule has 0 amide bonds. The third-order valence-corrected chi connectivity index (χ3v) is 2.95. The quantitative estimate of drug-likeness (QED) is 0.661. The molecule has 0 saturated carbocycles. The smallest absolute Gasteiger partial charge is 0.338 e. The normalized spacial score (nSPS) is 10.2. The first-order valence-electron chi connectivity index (χ1n) is 5.63. The summed E-state index contributed by atoms with van der Waals surface area (Å²) in [6.45, 7) is 0. The summed E-state index contributed by atoms with van der Waals surface area (Å²) in [5, 5.41) is 22.3. The lowest BCUT2D eigenvalue weighted by Gasteiger charge is -2.08. The maximum Gasteiger partial charge on any atom is 0.338 e. The summed E-state index contributed by atoms with van der Waals surface area (Å²) in [4.78, 5) is 21.0. The van der Waals surface area contributed by atoms with Gasteiger partial charge in [0.05, 0.1) is 10.5 Å². The van der Waals surface area contributed by atoms with E-state index in [-0.39, 0.29) is 22.1 Å². The Balaban J connectivity index is 2.39. The topological polar surface area (TPSA) is 92.5 Å². The number of rotatable bonds is 4. The molecule has 0 heterocycles. The molecule has 0 radical (unpaired) electrons. The monoisotopic (exact) mass is 310 g/mol. The fraction of sp³-hybridized carbons (Fsp3) is 0. The van der Waals surface area contributed by atoms with Crippen molar-refractivity contribution in [2.45, 2.75) is 0 Å². The second-order valence-electron chi connectivity index (χ2n) is 4.02. The number of carboxylic acids is 1. The highest BCUT2D eigenvalue weighted by Gasteiger charge is 2.19. The number of aromatic carboxylic acids is 1. The van der Waals surface area contributed by atoms with Crippen molar-refractivity contribution < 1.29 is 19.2 Å². The molecule has 0 fully saturated rings. The number of carboxylic acid groups (broad SMARTS) is 1. The van der Waals surface area contributed by atoms with Crippen LogP contribution in [0.4, 0.5) is 21.5 Å². The first kappa shape index (κ1) is 14.7. The van der Waals surface area contributed by atoms with E-state index in [1.807, 2.05) is 0 Å². The number of nitrogens with zero attached hydrogens (tertiary/aromatic N) is 1. The zero-order chi connectivity index (χ0) is 15.6. The number of benzene rings is 2. The van der Waals surface area contributed by atoms with Crippen LogP contribution in [0.5, 0.6) is 0 Å². The lowest BCUT2D eigenvalue weighted by atomic mass is 10.2. The Labute approximate surface area is 122 Å². The van der Waals surface area contributed by atoms with E-state index in [9.17, 15) is 19.3 Å². The molecule has 0 bridgehead atoms. The van der Waals surface area contributed by atoms with Crippen LogP contribution in [0.1, 0.15) is 10.4 Å². The number of hydrogen-bond acceptors (Lipinski definition) is 4. The SMILES string of the molecule is O=C(O)c1ccc(Nc2cccc(Cl)c2[N+](=O)[O-])cc1F. The summed E-state index contributed by atoms with van der Waals surface area (Å²) in [6, 6.07) is 7.58. The average molecular weight is 311 g/mol. The van der Waals surface area contributed by atoms with E-state index in [1.165, 1.54) is 24.3 Å². The van der Waals surface area contributed by atoms with Crippen LogP contribution in [-0.2, 0) is 0 Å². The average Bonchev–Trinajstić information content (AvgIpc) is 2.37. The van der Waals surface area contributed by atoms with Crippen molar-refractivity contribution in [3.63, 3.8) is 0 Å². The highest BCUT2D eigenvalue weighted by atomic mass is 35.5. The van der Waals surface area contributed by atoms with E-state index in [0.29, 0.717) is 0 Å². The lowest BCUT2D eigenvalue weighted by Crippen LogP contribution is -2.02. The Bertz CT molecular complexity index is 736. The predicted molar refractivity (Wildman–Crippen MR) is 74.7 cm³/mol. The Morgan fingerprint density at radius 2 is 2.05 bits per heavy atom. The minimum Gasteiger partial charge on any atom is -0.478 e. The molecular weight excluding hydrogens is 303 g/mol. The van der Waals surface area contributed by atoms with Crippen molar-refractivity contribution in [2.75, 3.05) is 5.32 Å². The molecule has 2 aromatic rings. The summed E-state index contributed by atoms with van der Waals surface area (Å²) >= 11 is 5.76. The summed E-state index contributed by atoms with van der Waals surface area (Å²) in [7, 11) is 0. The molecule has 0 aliphatic carbocycles. The van der Waals surface area contributed by atoms with Gasteiger partial charge in [-0.2, -0.15) is 0 Å². The van der Waals surface area contributed by atoms with Crippen LogP contribution >= 0.6 is 11.6 Å². The number of hydrogen-bond donors (Lipinski definition) is 2. The van der Waals surface area contributed by atoms with Crippen molar-refractivity contribution in [3.05, 3.63) is 62.9 Å². The van der Waals surface area contributed by atoms with Crippen LogP contribution in [0.2, 0.25) is 5.02 Å². The molecule has 0 spiro atoms. The third kappa shape index (κ3) is 3.09. The molecule has 21 heavy (non-hydrogen) atoms. The van der Waals surface area contributed by atoms with Crippen molar-refractivity contribution in [1.29, 1.82) is 0 Å². The fourth-order valence-electron chi connectivity index (χ4n) is 1.72. The number of anilines is 2. The van der Waals surface area contributed by atoms with Gasteiger partial charge < -0.3 is 10.4 Å². The summed E-state index contributed by atoms with van der Waals surface area (Å²) in [6.07, 6.45) is 0. The zero-order valence-electron chi connectivity index (χ0n) is 10.3. The van der Waals surface area contributed by atoms with E-state index in [0.717, 1.165) is 12.1 Å². The number of carbonyl (C=O) groups is 1. The Morgan fingerprint density at radius 3 is 2.62 bits per heavy atom. The van der Waals surface area contributed by atoms with Gasteiger partial charge in [-0.15, -0.1) is 0 Å². The van der Waals surface area contributed by atoms with Crippen LogP contribution in [0.3, 0.4) is 0 Å². The van der Waals surface area contributed by atoms with E-state index in [2.05, 4.69) is 5.32 Å². The standard InChI is InChI=1S/C13H8ClFN2O4/c14-9-2-1-3-11(12(9)17(20)21)16-7-4-5-8(13(18)19)10(15)6-7/h1-6,16H,(H,18,19). The molecule has 0 aliphatic heterocycles. The Morgan fingerprint density at radius 1 is 1.33 bits per heavy atom. The van der Waals surface area contributed by atoms with Gasteiger partial charge in [0.2, 0.25) is 0 Å². The molecular formula is C13H8ClFN2O4. The maximum atomic E-state index is 13.6. The van der Waals surface area contributed by atoms with Gasteiger partial charge >= 0.3 is 11.7 Å². The minimum atomic E-state index is -1.40. The molecule has 2 N–H and O–H groups in total. The van der Waals surface area contributed by atoms with E-state index in [1.54, 1.807) is 0 Å². The third-order valence-electron chi connectivity index (χ3n) is 2.65. The van der Waals surface area contributed by atoms with Gasteiger partial charge in [0.25, 0.3) is 0 Å². The molecule has 108 valence electrons. The summed E-state index contributed by atoms with van der Waals surface area (Å²) < 4.78 is 13.6. The maximum absolute atomic E-state index is 13.6. The Hall–Kier alpha value is -2.67. The van der Waals surface area contributed by atoms with Crippen LogP contribution in [0, 0.1) is 15.9 Å². The molecule has 2 rings (SSSR count). The molecule has 0 atom stereocenters. The molecule has 0 saturated heterocycles. The van der Waals surface area contributed by atoms with E-state index >= 15 is 0 Å². The van der Waals surface area contributed by atoms with Gasteiger partial charge in [-0.05, 0) is 30.3 Å². The number of nitro benzene ring substituents is 1. The van der Waals surface area contributed by atoms with Crippen molar-refractivity contribution in [1.82, 2.24) is 0 Å². The van der Waals surface area contributed by atoms with Gasteiger partial charge in [-0.3, -0.25) is 10.1 Å². The number of para-hydroxylation sites is 1. The minimum absolute atomic E-state index is 0.0624. The second-order valence-corrected chi connectivity index (χ2v) is 4.43. The molecule has 8 heteroatoms. The van der Waals surface area contributed by atoms with Crippen LogP contribution < -0.4 is 5.32 Å². The number of nitro groups is 1. The fourth-order valence-corrected chi connectivity index (χ4v) is 1.97. The molecule has 0 aliphatic rings. The molecule has 2 aromatic carbocycles. The predicted octanol–water partition coefficient (Wildman–Crippen LogP) is 3.83. The van der Waals surface area contributed by atoms with Gasteiger partial charge in [0, 0.05) is 5.69 Å². The van der Waals surface area contributed by atoms with E-state index < -0.39 is 22.3 Å². The number of halogens is 2. The highest BCUT2D eigenvalue weighted by Crippen LogP contribution is 2.34. The van der Waals surface area contributed by atoms with Crippen molar-refractivity contribution >= 4 is 34.6 Å². The summed E-state index contributed by atoms with van der Waals surface area (Å²) in [5.74, 6) is -2.34. The van der Waals surface area contributed by atoms with Crippen molar-refractivity contribution in [3.8, 4) is 0 Å². The van der Waals surface area contributed by atoms with Crippen molar-refractivity contribution in [2.24, 2.45) is 0 Å². The first-order valence-corrected chi connectivity index (χ1v) is 6.00. The molecule has 0 unspecified atom stereocenters. The zero-order valence-corrected chi connectivity index (χ0v) is 11.1. The molecule has 6 nitrogen and oxygen atoms in total. The van der Waals surface area contributed by atoms with Crippen LogP contribution in [0.15, 0.2) is 36.4 Å². The second kappa shape index (κ2) is 5.76. The van der Waals surface area contributed by atoms with Gasteiger partial charge in [0.15, 0.2) is 0 Å². The summed E-state index contributed by atoms with van der Waals surface area (Å²) in [5.41, 5.74) is -0.583. The lowest BCUT2D eigenvalue weighted by molar-refractivity contribution is -0.383.